The molecule has 0 aliphatic rings. The standard InChI is InChI=1S/C9H9N3O2/c1-12-9(14)7-5(8(10)13)3-2-4-6(7)11-12/h2-4,11H,1H3,(H2,10,13). The third kappa shape index (κ3) is 1.02. The van der Waals surface area contributed by atoms with Crippen LogP contribution in [-0.2, 0) is 7.05 Å². The molecular weight excluding hydrogens is 182 g/mol. The Morgan fingerprint density at radius 2 is 2.21 bits per heavy atom. The summed E-state index contributed by atoms with van der Waals surface area (Å²) in [4.78, 5) is 22.6. The molecule has 14 heavy (non-hydrogen) atoms. The number of nitrogens with one attached hydrogen (secondary N) is 1. The predicted molar refractivity (Wildman–Crippen MR) is 52.1 cm³/mol. The van der Waals surface area contributed by atoms with E-state index < -0.39 is 5.91 Å². The molecule has 0 bridgehead atoms. The van der Waals surface area contributed by atoms with E-state index in [4.69, 9.17) is 5.73 Å². The smallest absolute Gasteiger partial charge is 0.274 e. The van der Waals surface area contributed by atoms with Crippen LogP contribution in [0.4, 0.5) is 0 Å². The summed E-state index contributed by atoms with van der Waals surface area (Å²) in [5, 5.41) is 3.17. The Balaban J connectivity index is 2.99. The lowest BCUT2D eigenvalue weighted by Crippen LogP contribution is -2.17. The first-order valence-electron chi connectivity index (χ1n) is 4.09. The fourth-order valence-corrected chi connectivity index (χ4v) is 1.48. The summed E-state index contributed by atoms with van der Waals surface area (Å²) in [6.07, 6.45) is 0. The molecule has 3 N–H and O–H groups in total. The molecule has 1 aromatic carbocycles. The summed E-state index contributed by atoms with van der Waals surface area (Å²) in [5.41, 5.74) is 5.79. The van der Waals surface area contributed by atoms with Crippen LogP contribution in [0.5, 0.6) is 0 Å². The molecule has 0 aliphatic heterocycles. The van der Waals surface area contributed by atoms with E-state index >= 15 is 0 Å². The normalized spacial score (nSPS) is 10.6. The number of nitrogens with two attached hydrogens (primary N) is 1. The van der Waals surface area contributed by atoms with Gasteiger partial charge in [-0.05, 0) is 12.1 Å². The molecule has 0 aliphatic carbocycles. The van der Waals surface area contributed by atoms with Gasteiger partial charge < -0.3 is 5.73 Å². The number of aromatic nitrogens is 2. The van der Waals surface area contributed by atoms with Crippen molar-refractivity contribution >= 4 is 16.8 Å². The van der Waals surface area contributed by atoms with E-state index in [0.29, 0.717) is 10.9 Å². The van der Waals surface area contributed by atoms with E-state index in [0.717, 1.165) is 0 Å². The third-order valence-electron chi connectivity index (χ3n) is 2.14. The lowest BCUT2D eigenvalue weighted by molar-refractivity contribution is 0.100. The van der Waals surface area contributed by atoms with Crippen LogP contribution in [0.1, 0.15) is 10.4 Å². The van der Waals surface area contributed by atoms with Gasteiger partial charge in [-0.2, -0.15) is 0 Å². The highest BCUT2D eigenvalue weighted by Gasteiger charge is 2.11. The van der Waals surface area contributed by atoms with Gasteiger partial charge in [-0.3, -0.25) is 19.4 Å². The molecule has 0 fully saturated rings. The largest absolute Gasteiger partial charge is 0.366 e. The van der Waals surface area contributed by atoms with Crippen LogP contribution >= 0.6 is 0 Å². The Kier molecular flexibility index (Phi) is 1.67. The second-order valence-electron chi connectivity index (χ2n) is 3.07. The molecule has 1 aromatic heterocycles. The van der Waals surface area contributed by atoms with E-state index in [1.54, 1.807) is 25.2 Å². The van der Waals surface area contributed by atoms with Crippen molar-refractivity contribution in [2.75, 3.05) is 0 Å². The lowest BCUT2D eigenvalue weighted by atomic mass is 10.1. The van der Waals surface area contributed by atoms with Crippen molar-refractivity contribution in [3.8, 4) is 0 Å². The van der Waals surface area contributed by atoms with E-state index in [9.17, 15) is 9.59 Å². The average molecular weight is 191 g/mol. The van der Waals surface area contributed by atoms with Crippen molar-refractivity contribution in [2.45, 2.75) is 0 Å². The molecular formula is C9H9N3O2. The lowest BCUT2D eigenvalue weighted by Gasteiger charge is -1.94. The molecule has 0 saturated heterocycles. The number of fused-ring (bicyclic) bond motifs is 1. The molecule has 5 nitrogen and oxygen atoms in total. The SMILES string of the molecule is Cn1[nH]c2cccc(C(N)=O)c2c1=O. The monoisotopic (exact) mass is 191 g/mol. The Hall–Kier alpha value is -2.04. The highest BCUT2D eigenvalue weighted by atomic mass is 16.1. The van der Waals surface area contributed by atoms with E-state index in [1.807, 2.05) is 0 Å². The first-order chi connectivity index (χ1) is 6.61. The summed E-state index contributed by atoms with van der Waals surface area (Å²) in [6.45, 7) is 0. The van der Waals surface area contributed by atoms with Crippen LogP contribution in [0.15, 0.2) is 23.0 Å². The van der Waals surface area contributed by atoms with Gasteiger partial charge in [0.15, 0.2) is 0 Å². The van der Waals surface area contributed by atoms with Crippen LogP contribution < -0.4 is 11.3 Å². The Bertz CT molecular complexity index is 565. The number of aromatic amines is 1. The number of benzene rings is 1. The second kappa shape index (κ2) is 2.73. The van der Waals surface area contributed by atoms with Gasteiger partial charge in [0.05, 0.1) is 16.5 Å². The first-order valence-corrected chi connectivity index (χ1v) is 4.09. The van der Waals surface area contributed by atoms with Crippen molar-refractivity contribution in [3.05, 3.63) is 34.1 Å². The van der Waals surface area contributed by atoms with Gasteiger partial charge in [0.25, 0.3) is 5.56 Å². The molecule has 0 spiro atoms. The Morgan fingerprint density at radius 3 is 2.86 bits per heavy atom. The molecule has 5 heteroatoms. The van der Waals surface area contributed by atoms with Crippen molar-refractivity contribution in [2.24, 2.45) is 12.8 Å². The third-order valence-corrected chi connectivity index (χ3v) is 2.14. The van der Waals surface area contributed by atoms with Crippen molar-refractivity contribution in [3.63, 3.8) is 0 Å². The van der Waals surface area contributed by atoms with Gasteiger partial charge in [-0.1, -0.05) is 6.07 Å². The maximum absolute atomic E-state index is 11.6. The maximum atomic E-state index is 11.6. The number of nitrogens with zero attached hydrogens (tertiary/aromatic N) is 1. The number of amides is 1. The summed E-state index contributed by atoms with van der Waals surface area (Å²) in [7, 11) is 1.59. The van der Waals surface area contributed by atoms with Crippen molar-refractivity contribution in [1.82, 2.24) is 9.78 Å². The van der Waals surface area contributed by atoms with Crippen LogP contribution in [0.2, 0.25) is 0 Å². The van der Waals surface area contributed by atoms with Gasteiger partial charge >= 0.3 is 0 Å². The summed E-state index contributed by atoms with van der Waals surface area (Å²) in [5.74, 6) is -0.590. The number of aryl methyl sites for hydroxylation is 1. The molecule has 2 rings (SSSR count). The molecule has 1 heterocycles. The molecule has 0 unspecified atom stereocenters. The molecule has 0 saturated carbocycles. The zero-order valence-corrected chi connectivity index (χ0v) is 7.57. The molecule has 1 amide bonds. The highest BCUT2D eigenvalue weighted by molar-refractivity contribution is 6.05. The number of carbonyl (C=O) groups excluding carboxylic acids is 1. The van der Waals surface area contributed by atoms with E-state index in [-0.39, 0.29) is 11.1 Å². The minimum Gasteiger partial charge on any atom is -0.366 e. The second-order valence-corrected chi connectivity index (χ2v) is 3.07. The summed E-state index contributed by atoms with van der Waals surface area (Å²) < 4.78 is 1.32. The summed E-state index contributed by atoms with van der Waals surface area (Å²) >= 11 is 0. The Morgan fingerprint density at radius 1 is 1.50 bits per heavy atom. The number of primary amides is 1. The molecule has 0 atom stereocenters. The van der Waals surface area contributed by atoms with E-state index in [1.165, 1.54) is 4.68 Å². The summed E-state index contributed by atoms with van der Waals surface area (Å²) in [6, 6.07) is 4.95. The topological polar surface area (TPSA) is 80.9 Å². The minimum absolute atomic E-state index is 0.241. The first kappa shape index (κ1) is 8.55. The highest BCUT2D eigenvalue weighted by Crippen LogP contribution is 2.12. The number of hydrogen-bond acceptors (Lipinski definition) is 2. The molecule has 72 valence electrons. The van der Waals surface area contributed by atoms with Crippen LogP contribution in [0.25, 0.3) is 10.9 Å². The maximum Gasteiger partial charge on any atom is 0.274 e. The van der Waals surface area contributed by atoms with Gasteiger partial charge in [-0.25, -0.2) is 0 Å². The predicted octanol–water partition coefficient (Wildman–Crippen LogP) is -0.0345. The van der Waals surface area contributed by atoms with Gasteiger partial charge in [0, 0.05) is 7.05 Å². The zero-order valence-electron chi connectivity index (χ0n) is 7.57. The zero-order chi connectivity index (χ0) is 10.3. The fourth-order valence-electron chi connectivity index (χ4n) is 1.48. The molecule has 0 radical (unpaired) electrons. The van der Waals surface area contributed by atoms with Crippen molar-refractivity contribution in [1.29, 1.82) is 0 Å². The number of rotatable bonds is 1. The van der Waals surface area contributed by atoms with Gasteiger partial charge in [-0.15, -0.1) is 0 Å². The average Bonchev–Trinajstić information content (AvgIpc) is 2.43. The van der Waals surface area contributed by atoms with E-state index in [2.05, 4.69) is 5.10 Å². The van der Waals surface area contributed by atoms with Gasteiger partial charge in [0.1, 0.15) is 0 Å². The van der Waals surface area contributed by atoms with Crippen LogP contribution in [-0.4, -0.2) is 15.7 Å². The fraction of sp³-hybridized carbons (Fsp3) is 0.111. The quantitative estimate of drug-likeness (QED) is 0.663. The van der Waals surface area contributed by atoms with Crippen molar-refractivity contribution < 1.29 is 4.79 Å². The Labute approximate surface area is 79.1 Å². The molecule has 2 aromatic rings. The van der Waals surface area contributed by atoms with Crippen LogP contribution in [0, 0.1) is 0 Å². The number of H-pyrrole nitrogens is 1. The number of hydrogen-bond donors (Lipinski definition) is 2. The minimum atomic E-state index is -0.590. The number of carbonyl (C=O) groups is 1. The van der Waals surface area contributed by atoms with Crippen LogP contribution in [0.3, 0.4) is 0 Å². The van der Waals surface area contributed by atoms with Gasteiger partial charge in [0.2, 0.25) is 5.91 Å².